The Morgan fingerprint density at radius 2 is 1.94 bits per heavy atom. The number of aromatic nitrogens is 4. The van der Waals surface area contributed by atoms with Crippen molar-refractivity contribution < 1.29 is 13.6 Å². The molecule has 0 fully saturated rings. The summed E-state index contributed by atoms with van der Waals surface area (Å²) in [6.07, 6.45) is 1.31. The number of halogens is 2. The minimum Gasteiger partial charge on any atom is -0.312 e. The monoisotopic (exact) mass is 441 g/mol. The molecule has 0 unspecified atom stereocenters. The first-order valence-electron chi connectivity index (χ1n) is 9.39. The molecule has 0 saturated heterocycles. The fourth-order valence-corrected chi connectivity index (χ4v) is 4.02. The van der Waals surface area contributed by atoms with Gasteiger partial charge in [0.05, 0.1) is 17.6 Å². The number of hydrogen-bond acceptors (Lipinski definition) is 5. The number of amides is 1. The van der Waals surface area contributed by atoms with Gasteiger partial charge in [0, 0.05) is 18.3 Å². The van der Waals surface area contributed by atoms with E-state index in [0.717, 1.165) is 34.1 Å². The summed E-state index contributed by atoms with van der Waals surface area (Å²) >= 11 is 1.03. The highest BCUT2D eigenvalue weighted by Gasteiger charge is 2.19. The van der Waals surface area contributed by atoms with Crippen molar-refractivity contribution in [2.75, 3.05) is 17.2 Å². The van der Waals surface area contributed by atoms with Crippen molar-refractivity contribution in [2.24, 2.45) is 0 Å². The van der Waals surface area contributed by atoms with Gasteiger partial charge < -0.3 is 4.90 Å². The van der Waals surface area contributed by atoms with Crippen LogP contribution in [0, 0.1) is 11.6 Å². The van der Waals surface area contributed by atoms with E-state index in [1.807, 2.05) is 37.3 Å². The van der Waals surface area contributed by atoms with Gasteiger partial charge in [0.15, 0.2) is 22.4 Å². The molecule has 1 amide bonds. The van der Waals surface area contributed by atoms with Crippen LogP contribution in [0.5, 0.6) is 0 Å². The summed E-state index contributed by atoms with van der Waals surface area (Å²) in [5, 5.41) is 6.81. The zero-order chi connectivity index (χ0) is 22.0. The highest BCUT2D eigenvalue weighted by atomic mass is 32.2. The van der Waals surface area contributed by atoms with Crippen molar-refractivity contribution in [3.8, 4) is 5.69 Å². The minimum absolute atomic E-state index is 0.0154. The van der Waals surface area contributed by atoms with Crippen LogP contribution in [-0.4, -0.2) is 38.0 Å². The van der Waals surface area contributed by atoms with E-state index in [1.54, 1.807) is 4.90 Å². The number of carbonyl (C=O) groups excluding carboxylic acids is 1. The van der Waals surface area contributed by atoms with Crippen molar-refractivity contribution in [1.82, 2.24) is 19.7 Å². The standard InChI is InChI=1S/C21H17F2N5O2S/c1-2-27(13-6-4-3-5-7-13)18(29)12-31-21-25-19-15(11-24-26-19)20(30)28(21)14-8-9-16(22)17(23)10-14/h3-11H,2,12H2,1H3,(H,24,26). The molecule has 0 saturated carbocycles. The maximum absolute atomic E-state index is 13.8. The molecule has 0 bridgehead atoms. The Kier molecular flexibility index (Phi) is 5.81. The van der Waals surface area contributed by atoms with Gasteiger partial charge in [-0.25, -0.2) is 13.8 Å². The Labute approximate surface area is 179 Å². The second kappa shape index (κ2) is 8.68. The number of anilines is 1. The smallest absolute Gasteiger partial charge is 0.269 e. The minimum atomic E-state index is -1.09. The Morgan fingerprint density at radius 3 is 2.65 bits per heavy atom. The number of aromatic amines is 1. The molecule has 2 aromatic heterocycles. The van der Waals surface area contributed by atoms with Crippen molar-refractivity contribution in [2.45, 2.75) is 12.1 Å². The molecule has 0 aliphatic heterocycles. The molecular weight excluding hydrogens is 424 g/mol. The van der Waals surface area contributed by atoms with Crippen LogP contribution < -0.4 is 10.5 Å². The molecule has 1 N–H and O–H groups in total. The summed E-state index contributed by atoms with van der Waals surface area (Å²) in [6.45, 7) is 2.33. The van der Waals surface area contributed by atoms with E-state index in [2.05, 4.69) is 15.2 Å². The Hall–Kier alpha value is -3.53. The third kappa shape index (κ3) is 4.06. The summed E-state index contributed by atoms with van der Waals surface area (Å²) in [7, 11) is 0. The number of H-pyrrole nitrogens is 1. The lowest BCUT2D eigenvalue weighted by molar-refractivity contribution is -0.116. The Balaban J connectivity index is 1.70. The molecule has 0 aliphatic rings. The number of benzene rings is 2. The predicted octanol–water partition coefficient (Wildman–Crippen LogP) is 3.53. The van der Waals surface area contributed by atoms with E-state index in [-0.39, 0.29) is 33.5 Å². The second-order valence-electron chi connectivity index (χ2n) is 6.53. The lowest BCUT2D eigenvalue weighted by atomic mass is 10.3. The first kappa shape index (κ1) is 20.7. The fraction of sp³-hybridized carbons (Fsp3) is 0.143. The first-order valence-corrected chi connectivity index (χ1v) is 10.4. The van der Waals surface area contributed by atoms with Crippen LogP contribution in [0.2, 0.25) is 0 Å². The molecule has 4 rings (SSSR count). The largest absolute Gasteiger partial charge is 0.312 e. The molecule has 31 heavy (non-hydrogen) atoms. The molecule has 7 nitrogen and oxygen atoms in total. The number of hydrogen-bond donors (Lipinski definition) is 1. The van der Waals surface area contributed by atoms with Crippen LogP contribution in [0.25, 0.3) is 16.7 Å². The number of thioether (sulfide) groups is 1. The van der Waals surface area contributed by atoms with Gasteiger partial charge in [0.2, 0.25) is 5.91 Å². The van der Waals surface area contributed by atoms with Crippen LogP contribution >= 0.6 is 11.8 Å². The number of nitrogens with zero attached hydrogens (tertiary/aromatic N) is 4. The lowest BCUT2D eigenvalue weighted by Gasteiger charge is -2.21. The van der Waals surface area contributed by atoms with Crippen molar-refractivity contribution in [3.05, 3.63) is 76.7 Å². The van der Waals surface area contributed by atoms with E-state index in [4.69, 9.17) is 0 Å². The van der Waals surface area contributed by atoms with Crippen molar-refractivity contribution in [1.29, 1.82) is 0 Å². The van der Waals surface area contributed by atoms with Crippen LogP contribution in [0.1, 0.15) is 6.92 Å². The Morgan fingerprint density at radius 1 is 1.16 bits per heavy atom. The zero-order valence-electron chi connectivity index (χ0n) is 16.4. The van der Waals surface area contributed by atoms with Gasteiger partial charge in [-0.05, 0) is 31.2 Å². The van der Waals surface area contributed by atoms with Gasteiger partial charge in [-0.15, -0.1) is 0 Å². The Bertz CT molecular complexity index is 1310. The van der Waals surface area contributed by atoms with E-state index < -0.39 is 17.2 Å². The maximum Gasteiger partial charge on any atom is 0.269 e. The summed E-state index contributed by atoms with van der Waals surface area (Å²) in [6, 6.07) is 12.3. The maximum atomic E-state index is 13.8. The number of carbonyl (C=O) groups is 1. The highest BCUT2D eigenvalue weighted by molar-refractivity contribution is 7.99. The number of fused-ring (bicyclic) bond motifs is 1. The first-order chi connectivity index (χ1) is 15.0. The molecule has 10 heteroatoms. The molecule has 0 radical (unpaired) electrons. The van der Waals surface area contributed by atoms with Gasteiger partial charge in [0.25, 0.3) is 5.56 Å². The number of rotatable bonds is 6. The van der Waals surface area contributed by atoms with Crippen molar-refractivity contribution >= 4 is 34.4 Å². The molecular formula is C21H17F2N5O2S. The quantitative estimate of drug-likeness (QED) is 0.366. The summed E-state index contributed by atoms with van der Waals surface area (Å²) in [4.78, 5) is 31.8. The van der Waals surface area contributed by atoms with Crippen LogP contribution in [0.4, 0.5) is 14.5 Å². The zero-order valence-corrected chi connectivity index (χ0v) is 17.2. The van der Waals surface area contributed by atoms with Gasteiger partial charge in [-0.1, -0.05) is 30.0 Å². The molecule has 0 aliphatic carbocycles. The molecule has 4 aromatic rings. The molecule has 0 spiro atoms. The average Bonchev–Trinajstić information content (AvgIpc) is 3.25. The topological polar surface area (TPSA) is 83.9 Å². The SMILES string of the molecule is CCN(C(=O)CSc1nc2[nH]ncc2c(=O)n1-c1ccc(F)c(F)c1)c1ccccc1. The van der Waals surface area contributed by atoms with E-state index in [1.165, 1.54) is 12.3 Å². The van der Waals surface area contributed by atoms with E-state index in [9.17, 15) is 18.4 Å². The molecule has 2 aromatic carbocycles. The summed E-state index contributed by atoms with van der Waals surface area (Å²) < 4.78 is 28.4. The average molecular weight is 441 g/mol. The summed E-state index contributed by atoms with van der Waals surface area (Å²) in [5.41, 5.74) is 0.597. The van der Waals surface area contributed by atoms with Gasteiger partial charge >= 0.3 is 0 Å². The van der Waals surface area contributed by atoms with Crippen LogP contribution in [-0.2, 0) is 4.79 Å². The molecule has 158 valence electrons. The third-order valence-corrected chi connectivity index (χ3v) is 5.55. The molecule has 0 atom stereocenters. The predicted molar refractivity (Wildman–Crippen MR) is 115 cm³/mol. The van der Waals surface area contributed by atoms with E-state index in [0.29, 0.717) is 6.54 Å². The summed E-state index contributed by atoms with van der Waals surface area (Å²) in [5.74, 6) is -2.32. The fourth-order valence-electron chi connectivity index (χ4n) is 3.14. The number of para-hydroxylation sites is 1. The lowest BCUT2D eigenvalue weighted by Crippen LogP contribution is -2.32. The second-order valence-corrected chi connectivity index (χ2v) is 7.47. The van der Waals surface area contributed by atoms with Gasteiger partial charge in [-0.3, -0.25) is 19.3 Å². The number of nitrogens with one attached hydrogen (secondary N) is 1. The highest BCUT2D eigenvalue weighted by Crippen LogP contribution is 2.23. The van der Waals surface area contributed by atoms with Crippen LogP contribution in [0.15, 0.2) is 64.7 Å². The van der Waals surface area contributed by atoms with Crippen LogP contribution in [0.3, 0.4) is 0 Å². The normalized spacial score (nSPS) is 11.1. The molecule has 2 heterocycles. The third-order valence-electron chi connectivity index (χ3n) is 4.62. The van der Waals surface area contributed by atoms with E-state index >= 15 is 0 Å². The van der Waals surface area contributed by atoms with Crippen molar-refractivity contribution in [3.63, 3.8) is 0 Å². The van der Waals surface area contributed by atoms with Gasteiger partial charge in [-0.2, -0.15) is 5.10 Å². The van der Waals surface area contributed by atoms with Gasteiger partial charge in [0.1, 0.15) is 5.39 Å².